The highest BCUT2D eigenvalue weighted by molar-refractivity contribution is 7.09. The average Bonchev–Trinajstić information content (AvgIpc) is 2.39. The Labute approximate surface area is 67.1 Å². The van der Waals surface area contributed by atoms with Gasteiger partial charge in [0.05, 0.1) is 5.01 Å². The van der Waals surface area contributed by atoms with E-state index < -0.39 is 0 Å². The van der Waals surface area contributed by atoms with Crippen LogP contribution in [0.5, 0.6) is 0 Å². The number of hydrogen-bond acceptors (Lipinski definition) is 2. The lowest BCUT2D eigenvalue weighted by Gasteiger charge is -1.77. The molecule has 1 rings (SSSR count). The Balaban J connectivity index is 0.000000236. The molecule has 0 saturated heterocycles. The second-order valence-corrected chi connectivity index (χ2v) is 2.97. The van der Waals surface area contributed by atoms with Crippen LogP contribution in [0.3, 0.4) is 0 Å². The lowest BCUT2D eigenvalue weighted by atomic mass is 10.5. The fourth-order valence-electron chi connectivity index (χ4n) is 0.428. The average molecular weight is 157 g/mol. The molecule has 0 aromatic carbocycles. The third-order valence-corrected chi connectivity index (χ3v) is 1.71. The summed E-state index contributed by atoms with van der Waals surface area (Å²) in [6.45, 7) is 6.36. The minimum Gasteiger partial charge on any atom is -0.250 e. The fourth-order valence-corrected chi connectivity index (χ4v) is 0.995. The van der Waals surface area contributed by atoms with Crippen LogP contribution in [0.4, 0.5) is 0 Å². The van der Waals surface area contributed by atoms with Crippen molar-refractivity contribution in [3.05, 3.63) is 16.6 Å². The summed E-state index contributed by atoms with van der Waals surface area (Å²) in [7, 11) is 0. The van der Waals surface area contributed by atoms with Gasteiger partial charge >= 0.3 is 0 Å². The molecule has 1 aromatic heterocycles. The van der Waals surface area contributed by atoms with Crippen LogP contribution < -0.4 is 0 Å². The molecular formula is C8H15NS. The highest BCUT2D eigenvalue weighted by atomic mass is 32.1. The molecule has 0 fully saturated rings. The number of aryl methyl sites for hydroxylation is 1. The van der Waals surface area contributed by atoms with Gasteiger partial charge in [-0.1, -0.05) is 27.2 Å². The van der Waals surface area contributed by atoms with Gasteiger partial charge in [-0.15, -0.1) is 11.3 Å². The molecule has 0 amide bonds. The monoisotopic (exact) mass is 157 g/mol. The molecule has 0 aliphatic rings. The van der Waals surface area contributed by atoms with Gasteiger partial charge in [0.25, 0.3) is 0 Å². The molecule has 0 bridgehead atoms. The molecule has 1 nitrogen and oxygen atoms in total. The van der Waals surface area contributed by atoms with Crippen LogP contribution in [0.25, 0.3) is 0 Å². The topological polar surface area (TPSA) is 12.9 Å². The Morgan fingerprint density at radius 3 is 2.20 bits per heavy atom. The third-order valence-electron chi connectivity index (χ3n) is 0.786. The molecule has 0 saturated carbocycles. The van der Waals surface area contributed by atoms with Crippen LogP contribution in [-0.4, -0.2) is 4.98 Å². The van der Waals surface area contributed by atoms with E-state index in [9.17, 15) is 0 Å². The summed E-state index contributed by atoms with van der Waals surface area (Å²) in [5.74, 6) is 0. The van der Waals surface area contributed by atoms with Crippen LogP contribution in [0.2, 0.25) is 0 Å². The first-order chi connectivity index (χ1) is 4.85. The first-order valence-electron chi connectivity index (χ1n) is 3.73. The van der Waals surface area contributed by atoms with Crippen molar-refractivity contribution in [2.24, 2.45) is 0 Å². The van der Waals surface area contributed by atoms with Crippen molar-refractivity contribution in [2.75, 3.05) is 0 Å². The molecule has 0 atom stereocenters. The van der Waals surface area contributed by atoms with Gasteiger partial charge in [0.15, 0.2) is 0 Å². The summed E-state index contributed by atoms with van der Waals surface area (Å²) in [6.07, 6.45) is 4.15. The predicted molar refractivity (Wildman–Crippen MR) is 47.5 cm³/mol. The zero-order valence-corrected chi connectivity index (χ0v) is 7.74. The van der Waals surface area contributed by atoms with Crippen molar-refractivity contribution in [3.8, 4) is 0 Å². The number of aromatic nitrogens is 1. The van der Waals surface area contributed by atoms with Crippen LogP contribution in [0.15, 0.2) is 11.6 Å². The highest BCUT2D eigenvalue weighted by Gasteiger charge is 1.84. The summed E-state index contributed by atoms with van der Waals surface area (Å²) < 4.78 is 0. The van der Waals surface area contributed by atoms with E-state index in [0.717, 1.165) is 6.42 Å². The Bertz CT molecular complexity index is 135. The van der Waals surface area contributed by atoms with Crippen molar-refractivity contribution in [2.45, 2.75) is 33.6 Å². The lowest BCUT2D eigenvalue weighted by Crippen LogP contribution is -1.70. The van der Waals surface area contributed by atoms with E-state index in [2.05, 4.69) is 25.8 Å². The molecule has 10 heavy (non-hydrogen) atoms. The summed E-state index contributed by atoms with van der Waals surface area (Å²) in [5, 5.41) is 3.22. The summed E-state index contributed by atoms with van der Waals surface area (Å²) in [4.78, 5) is 4.05. The largest absolute Gasteiger partial charge is 0.250 e. The maximum atomic E-state index is 4.05. The van der Waals surface area contributed by atoms with E-state index in [0.29, 0.717) is 0 Å². The molecule has 2 heteroatoms. The van der Waals surface area contributed by atoms with Gasteiger partial charge < -0.3 is 0 Å². The molecule has 0 aliphatic heterocycles. The minimum absolute atomic E-state index is 1.07. The van der Waals surface area contributed by atoms with E-state index in [-0.39, 0.29) is 0 Å². The quantitative estimate of drug-likeness (QED) is 0.610. The van der Waals surface area contributed by atoms with Crippen LogP contribution in [0, 0.1) is 0 Å². The van der Waals surface area contributed by atoms with Crippen LogP contribution in [0.1, 0.15) is 32.2 Å². The molecule has 58 valence electrons. The molecular weight excluding hydrogens is 142 g/mol. The summed E-state index contributed by atoms with van der Waals surface area (Å²) in [5.41, 5.74) is 0. The van der Waals surface area contributed by atoms with Crippen LogP contribution in [-0.2, 0) is 6.42 Å². The third kappa shape index (κ3) is 4.50. The second kappa shape index (κ2) is 6.75. The lowest BCUT2D eigenvalue weighted by molar-refractivity contribution is 1.09. The molecule has 0 aliphatic carbocycles. The highest BCUT2D eigenvalue weighted by Crippen LogP contribution is 2.02. The van der Waals surface area contributed by atoms with Crippen molar-refractivity contribution < 1.29 is 0 Å². The number of hydrogen-bond donors (Lipinski definition) is 0. The van der Waals surface area contributed by atoms with Gasteiger partial charge in [-0.05, 0) is 6.42 Å². The predicted octanol–water partition coefficient (Wildman–Crippen LogP) is 3.12. The van der Waals surface area contributed by atoms with E-state index in [1.807, 2.05) is 11.6 Å². The molecule has 0 unspecified atom stereocenters. The normalized spacial score (nSPS) is 8.30. The summed E-state index contributed by atoms with van der Waals surface area (Å²) >= 11 is 1.71. The van der Waals surface area contributed by atoms with E-state index >= 15 is 0 Å². The van der Waals surface area contributed by atoms with Crippen LogP contribution >= 0.6 is 11.3 Å². The van der Waals surface area contributed by atoms with Crippen molar-refractivity contribution in [1.29, 1.82) is 0 Å². The Hall–Kier alpha value is -0.370. The maximum Gasteiger partial charge on any atom is 0.0922 e. The Morgan fingerprint density at radius 2 is 2.00 bits per heavy atom. The smallest absolute Gasteiger partial charge is 0.0922 e. The Kier molecular flexibility index (Phi) is 6.50. The minimum atomic E-state index is 1.07. The molecule has 0 N–H and O–H groups in total. The SMILES string of the molecule is CCC.CCc1nccs1. The maximum absolute atomic E-state index is 4.05. The first-order valence-corrected chi connectivity index (χ1v) is 4.61. The Morgan fingerprint density at radius 1 is 1.40 bits per heavy atom. The zero-order chi connectivity index (χ0) is 7.82. The zero-order valence-electron chi connectivity index (χ0n) is 6.92. The molecule has 0 spiro atoms. The standard InChI is InChI=1S/C5H7NS.C3H8/c1-2-5-6-3-4-7-5;1-3-2/h3-4H,2H2,1H3;3H2,1-2H3. The van der Waals surface area contributed by atoms with Gasteiger partial charge in [0, 0.05) is 11.6 Å². The van der Waals surface area contributed by atoms with Gasteiger partial charge in [-0.2, -0.15) is 0 Å². The van der Waals surface area contributed by atoms with Crippen molar-refractivity contribution >= 4 is 11.3 Å². The van der Waals surface area contributed by atoms with Gasteiger partial charge in [0.2, 0.25) is 0 Å². The van der Waals surface area contributed by atoms with E-state index in [4.69, 9.17) is 0 Å². The molecule has 1 aromatic rings. The molecule has 1 heterocycles. The second-order valence-electron chi connectivity index (χ2n) is 1.99. The van der Waals surface area contributed by atoms with Gasteiger partial charge in [-0.25, -0.2) is 4.98 Å². The summed E-state index contributed by atoms with van der Waals surface area (Å²) in [6, 6.07) is 0. The van der Waals surface area contributed by atoms with Gasteiger partial charge in [0.1, 0.15) is 0 Å². The fraction of sp³-hybridized carbons (Fsp3) is 0.625. The van der Waals surface area contributed by atoms with E-state index in [1.54, 1.807) is 11.3 Å². The number of nitrogens with zero attached hydrogens (tertiary/aromatic N) is 1. The number of thiazole rings is 1. The first kappa shape index (κ1) is 9.63. The molecule has 0 radical (unpaired) electrons. The number of rotatable bonds is 1. The van der Waals surface area contributed by atoms with Crippen molar-refractivity contribution in [3.63, 3.8) is 0 Å². The van der Waals surface area contributed by atoms with Gasteiger partial charge in [-0.3, -0.25) is 0 Å². The van der Waals surface area contributed by atoms with E-state index in [1.165, 1.54) is 11.4 Å². The van der Waals surface area contributed by atoms with Crippen molar-refractivity contribution in [1.82, 2.24) is 4.98 Å².